The van der Waals surface area contributed by atoms with Crippen molar-refractivity contribution in [2.45, 2.75) is 71.8 Å². The van der Waals surface area contributed by atoms with Gasteiger partial charge in [0.05, 0.1) is 12.5 Å². The fourth-order valence-corrected chi connectivity index (χ4v) is 3.04. The molecule has 3 heteroatoms. The van der Waals surface area contributed by atoms with Crippen molar-refractivity contribution in [3.05, 3.63) is 0 Å². The Morgan fingerprint density at radius 3 is 2.37 bits per heavy atom. The van der Waals surface area contributed by atoms with Crippen LogP contribution >= 0.6 is 0 Å². The highest BCUT2D eigenvalue weighted by atomic mass is 16.5. The molecule has 0 aromatic carbocycles. The number of hydrogen-bond acceptors (Lipinski definition) is 3. The Kier molecular flexibility index (Phi) is 8.11. The molecule has 112 valence electrons. The van der Waals surface area contributed by atoms with E-state index in [-0.39, 0.29) is 11.9 Å². The predicted molar refractivity (Wildman–Crippen MR) is 79.2 cm³/mol. The zero-order valence-electron chi connectivity index (χ0n) is 13.0. The van der Waals surface area contributed by atoms with Gasteiger partial charge >= 0.3 is 5.97 Å². The fraction of sp³-hybridized carbons (Fsp3) is 0.938. The molecule has 0 bridgehead atoms. The maximum Gasteiger partial charge on any atom is 0.309 e. The second-order valence-corrected chi connectivity index (χ2v) is 5.65. The molecule has 0 aromatic rings. The summed E-state index contributed by atoms with van der Waals surface area (Å²) < 4.78 is 5.13. The highest BCUT2D eigenvalue weighted by Gasteiger charge is 2.28. The fourth-order valence-electron chi connectivity index (χ4n) is 3.04. The molecular weight excluding hydrogens is 238 g/mol. The van der Waals surface area contributed by atoms with Crippen molar-refractivity contribution >= 4 is 5.97 Å². The summed E-state index contributed by atoms with van der Waals surface area (Å²) in [6.45, 7) is 9.05. The summed E-state index contributed by atoms with van der Waals surface area (Å²) in [7, 11) is 0. The third-order valence-electron chi connectivity index (χ3n) is 4.18. The zero-order valence-corrected chi connectivity index (χ0v) is 13.0. The smallest absolute Gasteiger partial charge is 0.309 e. The Morgan fingerprint density at radius 1 is 1.16 bits per heavy atom. The third-order valence-corrected chi connectivity index (χ3v) is 4.18. The molecule has 0 saturated carbocycles. The minimum Gasteiger partial charge on any atom is -0.466 e. The molecule has 1 aliphatic rings. The maximum absolute atomic E-state index is 11.7. The average Bonchev–Trinajstić information content (AvgIpc) is 2.44. The zero-order chi connectivity index (χ0) is 14.1. The van der Waals surface area contributed by atoms with Crippen LogP contribution in [0, 0.1) is 5.92 Å². The summed E-state index contributed by atoms with van der Waals surface area (Å²) >= 11 is 0. The number of ether oxygens (including phenoxy) is 1. The summed E-state index contributed by atoms with van der Waals surface area (Å²) in [4.78, 5) is 14.3. The molecule has 1 atom stereocenters. The van der Waals surface area contributed by atoms with Crippen LogP contribution in [0.25, 0.3) is 0 Å². The Hall–Kier alpha value is -0.570. The van der Waals surface area contributed by atoms with E-state index in [1.807, 2.05) is 6.92 Å². The minimum absolute atomic E-state index is 0.0164. The SMILES string of the molecule is CCCCC(CCC)N1CCC(C(=O)OCC)CC1. The van der Waals surface area contributed by atoms with Crippen molar-refractivity contribution in [1.29, 1.82) is 0 Å². The van der Waals surface area contributed by atoms with Crippen LogP contribution in [0.3, 0.4) is 0 Å². The molecule has 1 saturated heterocycles. The van der Waals surface area contributed by atoms with Crippen molar-refractivity contribution in [2.24, 2.45) is 5.92 Å². The normalized spacial score (nSPS) is 19.3. The summed E-state index contributed by atoms with van der Waals surface area (Å²) in [5.41, 5.74) is 0. The molecular formula is C16H31NO2. The number of rotatable bonds is 8. The largest absolute Gasteiger partial charge is 0.466 e. The molecule has 1 aliphatic heterocycles. The molecule has 0 N–H and O–H groups in total. The molecule has 0 amide bonds. The van der Waals surface area contributed by atoms with Gasteiger partial charge in [0.1, 0.15) is 0 Å². The number of nitrogens with zero attached hydrogens (tertiary/aromatic N) is 1. The van der Waals surface area contributed by atoms with Gasteiger partial charge in [-0.1, -0.05) is 33.1 Å². The molecule has 0 radical (unpaired) electrons. The van der Waals surface area contributed by atoms with Gasteiger partial charge in [0.2, 0.25) is 0 Å². The van der Waals surface area contributed by atoms with E-state index in [0.29, 0.717) is 6.61 Å². The molecule has 19 heavy (non-hydrogen) atoms. The van der Waals surface area contributed by atoms with Crippen LogP contribution in [0.1, 0.15) is 65.7 Å². The van der Waals surface area contributed by atoms with Crippen LogP contribution in [0.2, 0.25) is 0 Å². The quantitative estimate of drug-likeness (QED) is 0.630. The Labute approximate surface area is 118 Å². The topological polar surface area (TPSA) is 29.5 Å². The van der Waals surface area contributed by atoms with Gasteiger partial charge in [-0.3, -0.25) is 4.79 Å². The average molecular weight is 269 g/mol. The van der Waals surface area contributed by atoms with E-state index in [2.05, 4.69) is 18.7 Å². The molecule has 1 heterocycles. The van der Waals surface area contributed by atoms with Gasteiger partial charge in [0.25, 0.3) is 0 Å². The first-order valence-corrected chi connectivity index (χ1v) is 8.13. The number of likely N-dealkylation sites (tertiary alicyclic amines) is 1. The van der Waals surface area contributed by atoms with Crippen molar-refractivity contribution in [2.75, 3.05) is 19.7 Å². The number of carbonyl (C=O) groups excluding carboxylic acids is 1. The van der Waals surface area contributed by atoms with Crippen LogP contribution in [0.15, 0.2) is 0 Å². The monoisotopic (exact) mass is 269 g/mol. The first-order chi connectivity index (χ1) is 9.22. The molecule has 0 spiro atoms. The van der Waals surface area contributed by atoms with Crippen LogP contribution in [-0.2, 0) is 9.53 Å². The Bertz CT molecular complexity index is 247. The van der Waals surface area contributed by atoms with Gasteiger partial charge in [-0.15, -0.1) is 0 Å². The first kappa shape index (κ1) is 16.5. The van der Waals surface area contributed by atoms with E-state index in [9.17, 15) is 4.79 Å². The van der Waals surface area contributed by atoms with Gasteiger partial charge in [-0.05, 0) is 45.7 Å². The molecule has 0 aromatic heterocycles. The lowest BCUT2D eigenvalue weighted by Crippen LogP contribution is -2.43. The Morgan fingerprint density at radius 2 is 1.84 bits per heavy atom. The lowest BCUT2D eigenvalue weighted by Gasteiger charge is -2.37. The molecule has 3 nitrogen and oxygen atoms in total. The van der Waals surface area contributed by atoms with Crippen LogP contribution in [-0.4, -0.2) is 36.6 Å². The Balaban J connectivity index is 2.39. The van der Waals surface area contributed by atoms with Crippen molar-refractivity contribution in [3.8, 4) is 0 Å². The lowest BCUT2D eigenvalue weighted by atomic mass is 9.93. The summed E-state index contributed by atoms with van der Waals surface area (Å²) in [6, 6.07) is 0.730. The maximum atomic E-state index is 11.7. The number of esters is 1. The van der Waals surface area contributed by atoms with Gasteiger partial charge in [-0.2, -0.15) is 0 Å². The number of carbonyl (C=O) groups is 1. The van der Waals surface area contributed by atoms with E-state index < -0.39 is 0 Å². The molecule has 1 fully saturated rings. The molecule has 1 unspecified atom stereocenters. The highest BCUT2D eigenvalue weighted by molar-refractivity contribution is 5.72. The van der Waals surface area contributed by atoms with E-state index >= 15 is 0 Å². The molecule has 1 rings (SSSR count). The molecule has 0 aliphatic carbocycles. The van der Waals surface area contributed by atoms with E-state index in [0.717, 1.165) is 32.0 Å². The summed E-state index contributed by atoms with van der Waals surface area (Å²) in [5.74, 6) is 0.160. The van der Waals surface area contributed by atoms with Gasteiger partial charge in [0.15, 0.2) is 0 Å². The van der Waals surface area contributed by atoms with Crippen molar-refractivity contribution in [1.82, 2.24) is 4.90 Å². The summed E-state index contributed by atoms with van der Waals surface area (Å²) in [5, 5.41) is 0. The van der Waals surface area contributed by atoms with E-state index in [1.165, 1.54) is 32.1 Å². The number of piperidine rings is 1. The van der Waals surface area contributed by atoms with Crippen LogP contribution in [0.5, 0.6) is 0 Å². The third kappa shape index (κ3) is 5.52. The lowest BCUT2D eigenvalue weighted by molar-refractivity contribution is -0.149. The van der Waals surface area contributed by atoms with Crippen molar-refractivity contribution < 1.29 is 9.53 Å². The number of hydrogen-bond donors (Lipinski definition) is 0. The van der Waals surface area contributed by atoms with Crippen LogP contribution < -0.4 is 0 Å². The second-order valence-electron chi connectivity index (χ2n) is 5.65. The van der Waals surface area contributed by atoms with Gasteiger partial charge in [-0.25, -0.2) is 0 Å². The highest BCUT2D eigenvalue weighted by Crippen LogP contribution is 2.24. The number of unbranched alkanes of at least 4 members (excludes halogenated alkanes) is 1. The van der Waals surface area contributed by atoms with Crippen molar-refractivity contribution in [3.63, 3.8) is 0 Å². The predicted octanol–water partition coefficient (Wildman–Crippen LogP) is 3.62. The van der Waals surface area contributed by atoms with E-state index in [4.69, 9.17) is 4.74 Å². The standard InChI is InChI=1S/C16H31NO2/c1-4-7-9-15(8-5-2)17-12-10-14(11-13-17)16(18)19-6-3/h14-15H,4-13H2,1-3H3. The summed E-state index contributed by atoms with van der Waals surface area (Å²) in [6.07, 6.45) is 8.42. The minimum atomic E-state index is 0.0164. The van der Waals surface area contributed by atoms with Gasteiger partial charge in [0, 0.05) is 6.04 Å². The van der Waals surface area contributed by atoms with E-state index in [1.54, 1.807) is 0 Å². The first-order valence-electron chi connectivity index (χ1n) is 8.13. The second kappa shape index (κ2) is 9.35. The van der Waals surface area contributed by atoms with Gasteiger partial charge < -0.3 is 9.64 Å². The van der Waals surface area contributed by atoms with Crippen LogP contribution in [0.4, 0.5) is 0 Å².